The van der Waals surface area contributed by atoms with Crippen molar-refractivity contribution >= 4 is 33.7 Å². The quantitative estimate of drug-likeness (QED) is 0.747. The molecule has 5 nitrogen and oxygen atoms in total. The molecule has 1 atom stereocenters. The van der Waals surface area contributed by atoms with E-state index in [1.807, 2.05) is 0 Å². The third kappa shape index (κ3) is 2.73. The Kier molecular flexibility index (Phi) is 3.70. The van der Waals surface area contributed by atoms with E-state index in [4.69, 9.17) is 0 Å². The Morgan fingerprint density at radius 3 is 2.52 bits per heavy atom. The van der Waals surface area contributed by atoms with E-state index in [-0.39, 0.29) is 29.4 Å². The van der Waals surface area contributed by atoms with E-state index in [1.54, 1.807) is 0 Å². The normalized spacial score (nSPS) is 21.5. The molecule has 0 bridgehead atoms. The van der Waals surface area contributed by atoms with Crippen molar-refractivity contribution in [2.45, 2.75) is 31.6 Å². The number of hydrogen-bond acceptors (Lipinski definition) is 3. The first-order valence-electron chi connectivity index (χ1n) is 6.73. The first kappa shape index (κ1) is 16.0. The average Bonchev–Trinajstić information content (AvgIpc) is 2.73. The lowest BCUT2D eigenvalue weighted by atomic mass is 10.0. The van der Waals surface area contributed by atoms with Crippen LogP contribution in [0.1, 0.15) is 34.3 Å². The Labute approximate surface area is 136 Å². The molecule has 3 amide bonds. The van der Waals surface area contributed by atoms with Crippen LogP contribution in [0, 0.1) is 0 Å². The molecule has 1 N–H and O–H groups in total. The molecule has 0 radical (unpaired) electrons. The molecule has 9 heteroatoms. The molecule has 23 heavy (non-hydrogen) atoms. The number of nitrogens with zero attached hydrogens (tertiary/aromatic N) is 1. The lowest BCUT2D eigenvalue weighted by molar-refractivity contribution is -0.138. The summed E-state index contributed by atoms with van der Waals surface area (Å²) in [4.78, 5) is 36.6. The van der Waals surface area contributed by atoms with Gasteiger partial charge in [0, 0.05) is 23.0 Å². The predicted octanol–water partition coefficient (Wildman–Crippen LogP) is 2.23. The van der Waals surface area contributed by atoms with Gasteiger partial charge in [-0.05, 0) is 24.1 Å². The molecule has 1 unspecified atom stereocenters. The lowest BCUT2D eigenvalue weighted by Gasteiger charge is -2.29. The molecule has 0 aliphatic carbocycles. The lowest BCUT2D eigenvalue weighted by Crippen LogP contribution is -2.52. The number of benzene rings is 1. The van der Waals surface area contributed by atoms with Crippen molar-refractivity contribution in [2.75, 3.05) is 0 Å². The van der Waals surface area contributed by atoms with Crippen LogP contribution in [-0.2, 0) is 22.3 Å². The molecule has 2 aliphatic heterocycles. The van der Waals surface area contributed by atoms with Crippen molar-refractivity contribution in [3.8, 4) is 0 Å². The first-order chi connectivity index (χ1) is 10.7. The fourth-order valence-corrected chi connectivity index (χ4v) is 3.42. The Morgan fingerprint density at radius 2 is 1.91 bits per heavy atom. The SMILES string of the molecule is O=C1CCC(N2Cc3cc(Br)c(C(F)(F)F)cc3C2=O)C(=O)N1. The number of fused-ring (bicyclic) bond motifs is 1. The summed E-state index contributed by atoms with van der Waals surface area (Å²) in [5.41, 5.74) is -0.584. The Bertz CT molecular complexity index is 733. The molecule has 0 saturated carbocycles. The van der Waals surface area contributed by atoms with Crippen LogP contribution in [-0.4, -0.2) is 28.7 Å². The fourth-order valence-electron chi connectivity index (χ4n) is 2.80. The van der Waals surface area contributed by atoms with Gasteiger partial charge in [0.25, 0.3) is 5.91 Å². The van der Waals surface area contributed by atoms with E-state index in [0.29, 0.717) is 5.56 Å². The molecule has 1 aromatic rings. The van der Waals surface area contributed by atoms with Gasteiger partial charge in [0.1, 0.15) is 6.04 Å². The molecule has 1 aromatic carbocycles. The predicted molar refractivity (Wildman–Crippen MR) is 75.2 cm³/mol. The molecule has 2 heterocycles. The summed E-state index contributed by atoms with van der Waals surface area (Å²) >= 11 is 2.87. The first-order valence-corrected chi connectivity index (χ1v) is 7.52. The minimum atomic E-state index is -4.59. The molecular weight excluding hydrogens is 381 g/mol. The number of carbonyl (C=O) groups is 3. The monoisotopic (exact) mass is 390 g/mol. The second kappa shape index (κ2) is 5.33. The highest BCUT2D eigenvalue weighted by Crippen LogP contribution is 2.39. The number of rotatable bonds is 1. The maximum atomic E-state index is 12.9. The summed E-state index contributed by atoms with van der Waals surface area (Å²) in [6, 6.07) is 1.20. The minimum Gasteiger partial charge on any atom is -0.322 e. The van der Waals surface area contributed by atoms with Crippen LogP contribution in [0.3, 0.4) is 0 Å². The summed E-state index contributed by atoms with van der Waals surface area (Å²) in [5, 5.41) is 2.14. The highest BCUT2D eigenvalue weighted by atomic mass is 79.9. The number of piperidine rings is 1. The number of alkyl halides is 3. The minimum absolute atomic E-state index is 0.0389. The smallest absolute Gasteiger partial charge is 0.322 e. The van der Waals surface area contributed by atoms with E-state index in [9.17, 15) is 27.6 Å². The fraction of sp³-hybridized carbons (Fsp3) is 0.357. The van der Waals surface area contributed by atoms with Gasteiger partial charge in [0.05, 0.1) is 5.56 Å². The molecular formula is C14H10BrF3N2O3. The van der Waals surface area contributed by atoms with Crippen LogP contribution >= 0.6 is 15.9 Å². The highest BCUT2D eigenvalue weighted by Gasteiger charge is 2.41. The second-order valence-corrected chi connectivity index (χ2v) is 6.24. The van der Waals surface area contributed by atoms with E-state index in [0.717, 1.165) is 6.07 Å². The van der Waals surface area contributed by atoms with Crippen LogP contribution in [0.5, 0.6) is 0 Å². The van der Waals surface area contributed by atoms with E-state index in [2.05, 4.69) is 21.2 Å². The van der Waals surface area contributed by atoms with Crippen molar-refractivity contribution in [1.82, 2.24) is 10.2 Å². The van der Waals surface area contributed by atoms with Gasteiger partial charge in [-0.25, -0.2) is 0 Å². The van der Waals surface area contributed by atoms with Gasteiger partial charge in [-0.15, -0.1) is 0 Å². The number of amides is 3. The average molecular weight is 391 g/mol. The van der Waals surface area contributed by atoms with E-state index >= 15 is 0 Å². The van der Waals surface area contributed by atoms with Crippen LogP contribution in [0.15, 0.2) is 16.6 Å². The topological polar surface area (TPSA) is 66.5 Å². The number of carbonyl (C=O) groups excluding carboxylic acids is 3. The summed E-state index contributed by atoms with van der Waals surface area (Å²) < 4.78 is 38.7. The van der Waals surface area contributed by atoms with Crippen LogP contribution in [0.2, 0.25) is 0 Å². The van der Waals surface area contributed by atoms with Gasteiger partial charge in [-0.2, -0.15) is 13.2 Å². The van der Waals surface area contributed by atoms with E-state index < -0.39 is 35.5 Å². The Morgan fingerprint density at radius 1 is 1.22 bits per heavy atom. The largest absolute Gasteiger partial charge is 0.417 e. The van der Waals surface area contributed by atoms with Crippen molar-refractivity contribution in [1.29, 1.82) is 0 Å². The summed E-state index contributed by atoms with van der Waals surface area (Å²) in [7, 11) is 0. The molecule has 0 aromatic heterocycles. The number of imide groups is 1. The molecule has 1 saturated heterocycles. The molecule has 1 fully saturated rings. The van der Waals surface area contributed by atoms with Crippen molar-refractivity contribution < 1.29 is 27.6 Å². The highest BCUT2D eigenvalue weighted by molar-refractivity contribution is 9.10. The van der Waals surface area contributed by atoms with Gasteiger partial charge in [0.15, 0.2) is 0 Å². The Hall–Kier alpha value is -1.90. The second-order valence-electron chi connectivity index (χ2n) is 5.39. The molecule has 3 rings (SSSR count). The third-order valence-electron chi connectivity index (χ3n) is 3.92. The van der Waals surface area contributed by atoms with Gasteiger partial charge < -0.3 is 4.90 Å². The summed E-state index contributed by atoms with van der Waals surface area (Å²) in [6.45, 7) is 0.0389. The van der Waals surface area contributed by atoms with Crippen LogP contribution in [0.4, 0.5) is 13.2 Å². The number of hydrogen-bond donors (Lipinski definition) is 1. The zero-order valence-corrected chi connectivity index (χ0v) is 13.1. The van der Waals surface area contributed by atoms with Gasteiger partial charge in [-0.1, -0.05) is 15.9 Å². The molecule has 0 spiro atoms. The van der Waals surface area contributed by atoms with Gasteiger partial charge in [-0.3, -0.25) is 19.7 Å². The number of halogens is 4. The maximum absolute atomic E-state index is 12.9. The van der Waals surface area contributed by atoms with Crippen LogP contribution in [0.25, 0.3) is 0 Å². The van der Waals surface area contributed by atoms with Crippen molar-refractivity contribution in [2.24, 2.45) is 0 Å². The van der Waals surface area contributed by atoms with Crippen molar-refractivity contribution in [3.63, 3.8) is 0 Å². The molecule has 2 aliphatic rings. The zero-order valence-electron chi connectivity index (χ0n) is 11.5. The Balaban J connectivity index is 1.94. The van der Waals surface area contributed by atoms with Crippen LogP contribution < -0.4 is 5.32 Å². The van der Waals surface area contributed by atoms with Gasteiger partial charge >= 0.3 is 6.18 Å². The summed E-state index contributed by atoms with van der Waals surface area (Å²) in [5.74, 6) is -1.65. The maximum Gasteiger partial charge on any atom is 0.417 e. The van der Waals surface area contributed by atoms with Gasteiger partial charge in [0.2, 0.25) is 11.8 Å². The zero-order chi connectivity index (χ0) is 16.9. The molecule has 122 valence electrons. The standard InChI is InChI=1S/C14H10BrF3N2O3/c15-9-3-6-5-20(10-1-2-11(21)19-12(10)22)13(23)7(6)4-8(9)14(16,17)18/h3-4,10H,1-2,5H2,(H,19,21,22). The number of nitrogens with one attached hydrogen (secondary N) is 1. The third-order valence-corrected chi connectivity index (χ3v) is 4.57. The summed E-state index contributed by atoms with van der Waals surface area (Å²) in [6.07, 6.45) is -4.33. The van der Waals surface area contributed by atoms with E-state index in [1.165, 1.54) is 11.0 Å². The van der Waals surface area contributed by atoms with Crippen molar-refractivity contribution in [3.05, 3.63) is 33.3 Å².